The number of rotatable bonds is 6. The van der Waals surface area contributed by atoms with Gasteiger partial charge in [-0.05, 0) is 6.07 Å². The molecule has 0 amide bonds. The fourth-order valence-corrected chi connectivity index (χ4v) is 1.66. The molecule has 22 heavy (non-hydrogen) atoms. The highest BCUT2D eigenvalue weighted by molar-refractivity contribution is 5.83. The lowest BCUT2D eigenvalue weighted by Crippen LogP contribution is -2.10. The van der Waals surface area contributed by atoms with E-state index in [0.717, 1.165) is 4.68 Å². The normalized spacial score (nSPS) is 10.6. The summed E-state index contributed by atoms with van der Waals surface area (Å²) in [6.45, 7) is 0. The third-order valence-electron chi connectivity index (χ3n) is 2.63. The first-order chi connectivity index (χ1) is 10.6. The van der Waals surface area contributed by atoms with Crippen LogP contribution >= 0.6 is 0 Å². The van der Waals surface area contributed by atoms with Crippen LogP contribution in [0.25, 0.3) is 0 Å². The molecule has 0 unspecified atom stereocenters. The Bertz CT molecular complexity index is 712. The van der Waals surface area contributed by atoms with Gasteiger partial charge in [0.1, 0.15) is 6.33 Å². The van der Waals surface area contributed by atoms with Crippen LogP contribution in [0.4, 0.5) is 11.6 Å². The van der Waals surface area contributed by atoms with Crippen LogP contribution in [0.5, 0.6) is 11.5 Å². The van der Waals surface area contributed by atoms with Gasteiger partial charge >= 0.3 is 5.69 Å². The zero-order chi connectivity index (χ0) is 16.1. The highest BCUT2D eigenvalue weighted by atomic mass is 16.6. The number of anilines is 1. The van der Waals surface area contributed by atoms with Crippen LogP contribution < -0.4 is 20.7 Å². The molecule has 0 radical (unpaired) electrons. The zero-order valence-corrected chi connectivity index (χ0v) is 11.8. The van der Waals surface area contributed by atoms with E-state index in [1.54, 1.807) is 6.07 Å². The number of nitro benzene ring substituents is 1. The maximum absolute atomic E-state index is 11.1. The Morgan fingerprint density at radius 2 is 2.23 bits per heavy atom. The molecule has 116 valence electrons. The Hall–Kier alpha value is -3.37. The monoisotopic (exact) mass is 307 g/mol. The molecule has 0 bridgehead atoms. The van der Waals surface area contributed by atoms with Crippen LogP contribution in [0.2, 0.25) is 0 Å². The molecule has 2 aromatic rings. The van der Waals surface area contributed by atoms with Gasteiger partial charge in [-0.3, -0.25) is 10.1 Å². The van der Waals surface area contributed by atoms with Crippen LogP contribution in [0.1, 0.15) is 5.56 Å². The number of nitrogens with two attached hydrogens (primary N) is 1. The SMILES string of the molecule is COc1cc(/C=N/Nc2nncn2N)cc([N+](=O)[O-])c1OC. The van der Waals surface area contributed by atoms with Crippen molar-refractivity contribution in [3.63, 3.8) is 0 Å². The van der Waals surface area contributed by atoms with Gasteiger partial charge in [-0.1, -0.05) is 0 Å². The van der Waals surface area contributed by atoms with Crippen LogP contribution in [-0.4, -0.2) is 40.2 Å². The molecule has 0 aliphatic heterocycles. The summed E-state index contributed by atoms with van der Waals surface area (Å²) >= 11 is 0. The van der Waals surface area contributed by atoms with Gasteiger partial charge in [-0.15, -0.1) is 10.2 Å². The summed E-state index contributed by atoms with van der Waals surface area (Å²) < 4.78 is 11.2. The molecule has 2 rings (SSSR count). The molecular formula is C11H13N7O4. The van der Waals surface area contributed by atoms with Gasteiger partial charge in [0.2, 0.25) is 5.75 Å². The summed E-state index contributed by atoms with van der Waals surface area (Å²) in [5.74, 6) is 5.97. The number of hydrogen-bond donors (Lipinski definition) is 2. The Kier molecular flexibility index (Phi) is 4.36. The topological polar surface area (TPSA) is 143 Å². The molecule has 0 atom stereocenters. The smallest absolute Gasteiger partial charge is 0.315 e. The minimum Gasteiger partial charge on any atom is -0.493 e. The van der Waals surface area contributed by atoms with Crippen LogP contribution in [0.3, 0.4) is 0 Å². The fraction of sp³-hybridized carbons (Fsp3) is 0.182. The van der Waals surface area contributed by atoms with Crippen molar-refractivity contribution in [2.24, 2.45) is 5.10 Å². The number of nitrogens with zero attached hydrogens (tertiary/aromatic N) is 5. The highest BCUT2D eigenvalue weighted by Crippen LogP contribution is 2.37. The van der Waals surface area contributed by atoms with Gasteiger partial charge in [-0.2, -0.15) is 5.10 Å². The van der Waals surface area contributed by atoms with E-state index < -0.39 is 4.92 Å². The second-order valence-electron chi connectivity index (χ2n) is 3.96. The lowest BCUT2D eigenvalue weighted by molar-refractivity contribution is -0.385. The van der Waals surface area contributed by atoms with Crippen molar-refractivity contribution in [1.82, 2.24) is 14.9 Å². The molecule has 0 aliphatic carbocycles. The first kappa shape index (κ1) is 15.0. The quantitative estimate of drug-likeness (QED) is 0.337. The van der Waals surface area contributed by atoms with Gasteiger partial charge in [0.15, 0.2) is 5.75 Å². The lowest BCUT2D eigenvalue weighted by Gasteiger charge is -2.08. The molecule has 1 aromatic carbocycles. The van der Waals surface area contributed by atoms with Crippen molar-refractivity contribution >= 4 is 17.9 Å². The molecule has 1 heterocycles. The first-order valence-corrected chi connectivity index (χ1v) is 5.91. The second-order valence-corrected chi connectivity index (χ2v) is 3.96. The average molecular weight is 307 g/mol. The van der Waals surface area contributed by atoms with Crippen molar-refractivity contribution in [3.05, 3.63) is 34.1 Å². The summed E-state index contributed by atoms with van der Waals surface area (Å²) in [6.07, 6.45) is 2.64. The maximum Gasteiger partial charge on any atom is 0.315 e. The summed E-state index contributed by atoms with van der Waals surface area (Å²) in [6, 6.07) is 2.85. The summed E-state index contributed by atoms with van der Waals surface area (Å²) in [7, 11) is 2.71. The maximum atomic E-state index is 11.1. The van der Waals surface area contributed by atoms with Gasteiger partial charge in [0.25, 0.3) is 5.95 Å². The third kappa shape index (κ3) is 3.03. The van der Waals surface area contributed by atoms with E-state index in [-0.39, 0.29) is 23.1 Å². The van der Waals surface area contributed by atoms with Crippen LogP contribution in [-0.2, 0) is 0 Å². The Morgan fingerprint density at radius 1 is 1.45 bits per heavy atom. The highest BCUT2D eigenvalue weighted by Gasteiger charge is 2.21. The molecule has 0 spiro atoms. The second kappa shape index (κ2) is 6.39. The van der Waals surface area contributed by atoms with Crippen LogP contribution in [0, 0.1) is 10.1 Å². The number of hydrazone groups is 1. The van der Waals surface area contributed by atoms with E-state index in [1.807, 2.05) is 0 Å². The Morgan fingerprint density at radius 3 is 2.77 bits per heavy atom. The summed E-state index contributed by atoms with van der Waals surface area (Å²) in [4.78, 5) is 10.5. The molecule has 0 aliphatic rings. The van der Waals surface area contributed by atoms with Crippen molar-refractivity contribution in [2.45, 2.75) is 0 Å². The summed E-state index contributed by atoms with van der Waals surface area (Å²) in [5.41, 5.74) is 2.75. The number of aromatic nitrogens is 3. The molecular weight excluding hydrogens is 294 g/mol. The predicted octanol–water partition coefficient (Wildman–Crippen LogP) is 0.363. The standard InChI is InChI=1S/C11H13N7O4/c1-21-9-4-7(3-8(18(19)20)10(9)22-2)5-13-15-11-16-14-6-17(11)12/h3-6H,12H2,1-2H3,(H,15,16)/b13-5+. The van der Waals surface area contributed by atoms with Gasteiger partial charge < -0.3 is 15.3 Å². The molecule has 11 heteroatoms. The Labute approximate surface area is 124 Å². The number of benzene rings is 1. The van der Waals surface area contributed by atoms with E-state index in [4.69, 9.17) is 15.3 Å². The first-order valence-electron chi connectivity index (χ1n) is 5.91. The van der Waals surface area contributed by atoms with E-state index in [0.29, 0.717) is 5.56 Å². The van der Waals surface area contributed by atoms with Gasteiger partial charge in [0, 0.05) is 11.6 Å². The van der Waals surface area contributed by atoms with E-state index in [2.05, 4.69) is 20.7 Å². The number of nitrogen functional groups attached to an aromatic ring is 1. The van der Waals surface area contributed by atoms with Gasteiger partial charge in [-0.25, -0.2) is 10.1 Å². The molecule has 11 nitrogen and oxygen atoms in total. The molecule has 1 aromatic heterocycles. The largest absolute Gasteiger partial charge is 0.493 e. The minimum absolute atomic E-state index is 0.0410. The Balaban J connectivity index is 2.29. The predicted molar refractivity (Wildman–Crippen MR) is 77.6 cm³/mol. The van der Waals surface area contributed by atoms with E-state index in [1.165, 1.54) is 32.8 Å². The molecule has 0 saturated carbocycles. The van der Waals surface area contributed by atoms with E-state index in [9.17, 15) is 10.1 Å². The van der Waals surface area contributed by atoms with Crippen molar-refractivity contribution in [3.8, 4) is 11.5 Å². The molecule has 0 saturated heterocycles. The fourth-order valence-electron chi connectivity index (χ4n) is 1.66. The van der Waals surface area contributed by atoms with E-state index >= 15 is 0 Å². The number of methoxy groups -OCH3 is 2. The number of ether oxygens (including phenoxy) is 2. The zero-order valence-electron chi connectivity index (χ0n) is 11.8. The van der Waals surface area contributed by atoms with Crippen LogP contribution in [0.15, 0.2) is 23.6 Å². The minimum atomic E-state index is -0.567. The average Bonchev–Trinajstić information content (AvgIpc) is 2.91. The third-order valence-corrected chi connectivity index (χ3v) is 2.63. The van der Waals surface area contributed by atoms with Crippen molar-refractivity contribution in [1.29, 1.82) is 0 Å². The number of nitro groups is 1. The van der Waals surface area contributed by atoms with Crippen molar-refractivity contribution in [2.75, 3.05) is 25.5 Å². The number of nitrogens with one attached hydrogen (secondary N) is 1. The molecule has 3 N–H and O–H groups in total. The van der Waals surface area contributed by atoms with Gasteiger partial charge in [0.05, 0.1) is 25.4 Å². The van der Waals surface area contributed by atoms with Crippen molar-refractivity contribution < 1.29 is 14.4 Å². The number of hydrogen-bond acceptors (Lipinski definition) is 9. The molecule has 0 fully saturated rings. The lowest BCUT2D eigenvalue weighted by atomic mass is 10.2. The summed E-state index contributed by atoms with van der Waals surface area (Å²) in [5, 5.41) is 22.2.